The predicted molar refractivity (Wildman–Crippen MR) is 79.5 cm³/mol. The highest BCUT2D eigenvalue weighted by atomic mass is 35.5. The molecule has 0 saturated heterocycles. The predicted octanol–water partition coefficient (Wildman–Crippen LogP) is 4.08. The number of benzene rings is 1. The molecule has 0 atom stereocenters. The second-order valence-corrected chi connectivity index (χ2v) is 4.94. The Morgan fingerprint density at radius 1 is 1.32 bits per heavy atom. The van der Waals surface area contributed by atoms with Gasteiger partial charge in [0.15, 0.2) is 0 Å². The zero-order valence-corrected chi connectivity index (χ0v) is 12.3. The molecule has 1 heterocycles. The van der Waals surface area contributed by atoms with Crippen molar-refractivity contribution in [3.05, 3.63) is 35.5 Å². The average Bonchev–Trinajstić information content (AvgIpc) is 2.44. The standard InChI is InChI=1S/C13H14ClN3OS/c1-3-15-13-16-8-11(14)12(17-13)18-9-4-6-10(19-2)7-5-9/h4-8H,3H2,1-2H3,(H,15,16,17). The summed E-state index contributed by atoms with van der Waals surface area (Å²) in [6.45, 7) is 2.71. The summed E-state index contributed by atoms with van der Waals surface area (Å²) in [5.74, 6) is 1.55. The summed E-state index contributed by atoms with van der Waals surface area (Å²) in [6, 6.07) is 7.75. The van der Waals surface area contributed by atoms with Gasteiger partial charge in [-0.25, -0.2) is 4.98 Å². The molecule has 0 spiro atoms. The highest BCUT2D eigenvalue weighted by molar-refractivity contribution is 7.98. The quantitative estimate of drug-likeness (QED) is 0.842. The molecule has 0 aliphatic carbocycles. The van der Waals surface area contributed by atoms with Crippen molar-refractivity contribution >= 4 is 29.3 Å². The van der Waals surface area contributed by atoms with Gasteiger partial charge in [-0.2, -0.15) is 4.98 Å². The zero-order valence-electron chi connectivity index (χ0n) is 10.7. The van der Waals surface area contributed by atoms with E-state index in [1.807, 2.05) is 37.4 Å². The molecular weight excluding hydrogens is 282 g/mol. The largest absolute Gasteiger partial charge is 0.437 e. The smallest absolute Gasteiger partial charge is 0.243 e. The van der Waals surface area contributed by atoms with Crippen LogP contribution >= 0.6 is 23.4 Å². The fourth-order valence-electron chi connectivity index (χ4n) is 1.42. The van der Waals surface area contributed by atoms with Gasteiger partial charge in [0.05, 0.1) is 6.20 Å². The maximum atomic E-state index is 6.02. The fourth-order valence-corrected chi connectivity index (χ4v) is 1.96. The van der Waals surface area contributed by atoms with E-state index in [4.69, 9.17) is 16.3 Å². The van der Waals surface area contributed by atoms with E-state index in [0.29, 0.717) is 22.6 Å². The molecule has 0 aliphatic heterocycles. The molecule has 19 heavy (non-hydrogen) atoms. The molecule has 100 valence electrons. The second kappa shape index (κ2) is 6.63. The van der Waals surface area contributed by atoms with Crippen LogP contribution in [0.4, 0.5) is 5.95 Å². The maximum Gasteiger partial charge on any atom is 0.243 e. The van der Waals surface area contributed by atoms with Gasteiger partial charge in [0.1, 0.15) is 10.8 Å². The van der Waals surface area contributed by atoms with E-state index in [1.54, 1.807) is 11.8 Å². The second-order valence-electron chi connectivity index (χ2n) is 3.65. The molecule has 0 fully saturated rings. The summed E-state index contributed by atoms with van der Waals surface area (Å²) < 4.78 is 5.66. The Hall–Kier alpha value is -1.46. The third-order valence-corrected chi connectivity index (χ3v) is 3.32. The number of ether oxygens (including phenoxy) is 1. The van der Waals surface area contributed by atoms with Crippen molar-refractivity contribution in [1.29, 1.82) is 0 Å². The van der Waals surface area contributed by atoms with Crippen molar-refractivity contribution in [2.75, 3.05) is 18.1 Å². The molecule has 0 saturated carbocycles. The topological polar surface area (TPSA) is 47.0 Å². The summed E-state index contributed by atoms with van der Waals surface area (Å²) in [4.78, 5) is 9.45. The minimum absolute atomic E-state index is 0.351. The molecule has 0 amide bonds. The van der Waals surface area contributed by atoms with Crippen LogP contribution in [0, 0.1) is 0 Å². The summed E-state index contributed by atoms with van der Waals surface area (Å²) in [7, 11) is 0. The molecule has 1 aromatic heterocycles. The van der Waals surface area contributed by atoms with E-state index in [0.717, 1.165) is 6.54 Å². The molecule has 2 aromatic rings. The molecule has 0 radical (unpaired) electrons. The molecule has 0 bridgehead atoms. The SMILES string of the molecule is CCNc1ncc(Cl)c(Oc2ccc(SC)cc2)n1. The average molecular weight is 296 g/mol. The molecule has 0 unspecified atom stereocenters. The van der Waals surface area contributed by atoms with Gasteiger partial charge in [-0.15, -0.1) is 11.8 Å². The molecule has 4 nitrogen and oxygen atoms in total. The fraction of sp³-hybridized carbons (Fsp3) is 0.231. The minimum atomic E-state index is 0.351. The van der Waals surface area contributed by atoms with Crippen LogP contribution in [0.2, 0.25) is 5.02 Å². The van der Waals surface area contributed by atoms with Gasteiger partial charge in [-0.3, -0.25) is 0 Å². The van der Waals surface area contributed by atoms with E-state index in [1.165, 1.54) is 11.1 Å². The first kappa shape index (κ1) is 14.0. The van der Waals surface area contributed by atoms with Crippen molar-refractivity contribution in [3.63, 3.8) is 0 Å². The Morgan fingerprint density at radius 2 is 2.05 bits per heavy atom. The summed E-state index contributed by atoms with van der Waals surface area (Å²) in [5.41, 5.74) is 0. The lowest BCUT2D eigenvalue weighted by molar-refractivity contribution is 0.462. The minimum Gasteiger partial charge on any atom is -0.437 e. The Kier molecular flexibility index (Phi) is 4.87. The van der Waals surface area contributed by atoms with Gasteiger partial charge in [0, 0.05) is 11.4 Å². The molecule has 2 rings (SSSR count). The number of halogens is 1. The number of nitrogens with zero attached hydrogens (tertiary/aromatic N) is 2. The van der Waals surface area contributed by atoms with Crippen LogP contribution in [-0.2, 0) is 0 Å². The first-order valence-electron chi connectivity index (χ1n) is 5.81. The Bertz CT molecular complexity index is 548. The van der Waals surface area contributed by atoms with Gasteiger partial charge >= 0.3 is 0 Å². The number of thioether (sulfide) groups is 1. The number of rotatable bonds is 5. The van der Waals surface area contributed by atoms with Crippen molar-refractivity contribution in [1.82, 2.24) is 9.97 Å². The molecule has 1 N–H and O–H groups in total. The van der Waals surface area contributed by atoms with E-state index in [-0.39, 0.29) is 0 Å². The van der Waals surface area contributed by atoms with Crippen LogP contribution in [0.25, 0.3) is 0 Å². The number of anilines is 1. The van der Waals surface area contributed by atoms with E-state index >= 15 is 0 Å². The van der Waals surface area contributed by atoms with E-state index in [9.17, 15) is 0 Å². The number of nitrogens with one attached hydrogen (secondary N) is 1. The normalized spacial score (nSPS) is 10.3. The highest BCUT2D eigenvalue weighted by Gasteiger charge is 2.07. The molecule has 6 heteroatoms. The van der Waals surface area contributed by atoms with Crippen molar-refractivity contribution in [2.45, 2.75) is 11.8 Å². The zero-order chi connectivity index (χ0) is 13.7. The van der Waals surface area contributed by atoms with Crippen LogP contribution in [0.15, 0.2) is 35.4 Å². The van der Waals surface area contributed by atoms with Crippen LogP contribution in [0.3, 0.4) is 0 Å². The summed E-state index contributed by atoms with van der Waals surface area (Å²) in [5, 5.41) is 3.40. The summed E-state index contributed by atoms with van der Waals surface area (Å²) >= 11 is 7.70. The van der Waals surface area contributed by atoms with Crippen LogP contribution in [0.1, 0.15) is 6.92 Å². The monoisotopic (exact) mass is 295 g/mol. The van der Waals surface area contributed by atoms with Gasteiger partial charge in [0.2, 0.25) is 11.8 Å². The lowest BCUT2D eigenvalue weighted by atomic mass is 10.3. The molecular formula is C13H14ClN3OS. The number of hydrogen-bond acceptors (Lipinski definition) is 5. The Labute approximate surface area is 121 Å². The van der Waals surface area contributed by atoms with Gasteiger partial charge in [-0.05, 0) is 37.4 Å². The van der Waals surface area contributed by atoms with Crippen LogP contribution in [-0.4, -0.2) is 22.8 Å². The van der Waals surface area contributed by atoms with E-state index in [2.05, 4.69) is 15.3 Å². The Morgan fingerprint density at radius 3 is 2.68 bits per heavy atom. The van der Waals surface area contributed by atoms with Crippen LogP contribution < -0.4 is 10.1 Å². The lowest BCUT2D eigenvalue weighted by Crippen LogP contribution is -2.02. The number of hydrogen-bond donors (Lipinski definition) is 1. The first-order valence-corrected chi connectivity index (χ1v) is 7.41. The highest BCUT2D eigenvalue weighted by Crippen LogP contribution is 2.28. The first-order chi connectivity index (χ1) is 9.22. The third-order valence-electron chi connectivity index (χ3n) is 2.32. The van der Waals surface area contributed by atoms with Crippen molar-refractivity contribution in [2.24, 2.45) is 0 Å². The van der Waals surface area contributed by atoms with Crippen molar-refractivity contribution < 1.29 is 4.74 Å². The van der Waals surface area contributed by atoms with Crippen molar-refractivity contribution in [3.8, 4) is 11.6 Å². The van der Waals surface area contributed by atoms with Gasteiger partial charge in [0.25, 0.3) is 0 Å². The van der Waals surface area contributed by atoms with Gasteiger partial charge in [-0.1, -0.05) is 11.6 Å². The van der Waals surface area contributed by atoms with Gasteiger partial charge < -0.3 is 10.1 Å². The van der Waals surface area contributed by atoms with E-state index < -0.39 is 0 Å². The molecule has 0 aliphatic rings. The molecule has 1 aromatic carbocycles. The maximum absolute atomic E-state index is 6.02. The van der Waals surface area contributed by atoms with Crippen LogP contribution in [0.5, 0.6) is 11.6 Å². The Balaban J connectivity index is 2.18. The lowest BCUT2D eigenvalue weighted by Gasteiger charge is -2.08. The number of aromatic nitrogens is 2. The summed E-state index contributed by atoms with van der Waals surface area (Å²) in [6.07, 6.45) is 3.55. The third kappa shape index (κ3) is 3.75.